The summed E-state index contributed by atoms with van der Waals surface area (Å²) in [5.41, 5.74) is 7.21. The monoisotopic (exact) mass is 336 g/mol. The van der Waals surface area contributed by atoms with Gasteiger partial charge in [-0.3, -0.25) is 20.4 Å². The average molecular weight is 336 g/mol. The largest absolute Gasteiger partial charge is 0.279 e. The normalized spacial score (nSPS) is 10.5. The Labute approximate surface area is 138 Å². The molecule has 0 spiro atoms. The van der Waals surface area contributed by atoms with Crippen LogP contribution in [0.5, 0.6) is 0 Å². The molecule has 6 heteroatoms. The zero-order valence-electron chi connectivity index (χ0n) is 13.2. The zero-order chi connectivity index (χ0) is 16.3. The Morgan fingerprint density at radius 3 is 1.50 bits per heavy atom. The molecule has 22 heavy (non-hydrogen) atoms. The first-order chi connectivity index (χ1) is 10.5. The van der Waals surface area contributed by atoms with Gasteiger partial charge in [-0.2, -0.15) is 0 Å². The van der Waals surface area contributed by atoms with Crippen molar-refractivity contribution in [1.29, 1.82) is 0 Å². The molecule has 0 bridgehead atoms. The average Bonchev–Trinajstić information content (AvgIpc) is 3.07. The van der Waals surface area contributed by atoms with Crippen molar-refractivity contribution in [2.75, 3.05) is 0 Å². The fourth-order valence-corrected chi connectivity index (χ4v) is 4.22. The van der Waals surface area contributed by atoms with Gasteiger partial charge in [-0.25, -0.2) is 0 Å². The number of hydrogen-bond acceptors (Lipinski definition) is 4. The minimum absolute atomic E-state index is 0.273. The number of hydrogen-bond donors (Lipinski definition) is 2. The van der Waals surface area contributed by atoms with Crippen molar-refractivity contribution < 1.29 is 9.59 Å². The second kappa shape index (κ2) is 7.07. The molecule has 0 saturated heterocycles. The summed E-state index contributed by atoms with van der Waals surface area (Å²) >= 11 is 2.93. The molecule has 0 aliphatic carbocycles. The molecular weight excluding hydrogens is 316 g/mol. The number of rotatable bonds is 4. The Morgan fingerprint density at radius 2 is 1.23 bits per heavy atom. The van der Waals surface area contributed by atoms with Gasteiger partial charge >= 0.3 is 0 Å². The number of carbonyl (C=O) groups is 2. The van der Waals surface area contributed by atoms with Gasteiger partial charge in [-0.05, 0) is 49.9 Å². The Kier molecular flexibility index (Phi) is 5.37. The zero-order valence-corrected chi connectivity index (χ0v) is 14.8. The first-order valence-corrected chi connectivity index (χ1v) is 8.88. The lowest BCUT2D eigenvalue weighted by molar-refractivity contribution is 0.0851. The van der Waals surface area contributed by atoms with Crippen LogP contribution < -0.4 is 10.9 Å². The highest BCUT2D eigenvalue weighted by Crippen LogP contribution is 2.23. The standard InChI is InChI=1S/C16H20N2O2S2/c1-5-11-9(3)7-13(21-11)15(19)17-18-16(20)14-8-10(4)12(6-2)22-14/h7-8H,5-6H2,1-4H3,(H,17,19)(H,18,20). The number of nitrogens with one attached hydrogen (secondary N) is 2. The van der Waals surface area contributed by atoms with Crippen LogP contribution in [0.4, 0.5) is 0 Å². The lowest BCUT2D eigenvalue weighted by Gasteiger charge is -2.04. The van der Waals surface area contributed by atoms with Crippen LogP contribution in [-0.2, 0) is 12.8 Å². The minimum atomic E-state index is -0.273. The number of amides is 2. The summed E-state index contributed by atoms with van der Waals surface area (Å²) in [5, 5.41) is 0. The highest BCUT2D eigenvalue weighted by Gasteiger charge is 2.15. The summed E-state index contributed by atoms with van der Waals surface area (Å²) in [7, 11) is 0. The molecule has 4 nitrogen and oxygen atoms in total. The molecule has 0 atom stereocenters. The van der Waals surface area contributed by atoms with Crippen LogP contribution in [0.2, 0.25) is 0 Å². The summed E-state index contributed by atoms with van der Waals surface area (Å²) in [6.07, 6.45) is 1.81. The van der Waals surface area contributed by atoms with Crippen LogP contribution in [0.25, 0.3) is 0 Å². The number of hydrazine groups is 1. The predicted molar refractivity (Wildman–Crippen MR) is 91.8 cm³/mol. The van der Waals surface area contributed by atoms with Crippen molar-refractivity contribution in [3.8, 4) is 0 Å². The van der Waals surface area contributed by atoms with E-state index >= 15 is 0 Å². The molecule has 2 amide bonds. The summed E-state index contributed by atoms with van der Waals surface area (Å²) in [6, 6.07) is 3.71. The Hall–Kier alpha value is -1.66. The predicted octanol–water partition coefficient (Wildman–Crippen LogP) is 3.63. The van der Waals surface area contributed by atoms with E-state index in [0.717, 1.165) is 24.0 Å². The molecule has 0 aliphatic heterocycles. The Morgan fingerprint density at radius 1 is 0.864 bits per heavy atom. The van der Waals surface area contributed by atoms with Gasteiger partial charge in [0.25, 0.3) is 11.8 Å². The molecule has 0 aliphatic rings. The third kappa shape index (κ3) is 3.56. The molecule has 2 aromatic rings. The molecule has 2 aromatic heterocycles. The molecule has 0 radical (unpaired) electrons. The minimum Gasteiger partial charge on any atom is -0.266 e. The topological polar surface area (TPSA) is 58.2 Å². The van der Waals surface area contributed by atoms with Gasteiger partial charge in [0.15, 0.2) is 0 Å². The van der Waals surface area contributed by atoms with E-state index in [9.17, 15) is 9.59 Å². The summed E-state index contributed by atoms with van der Waals surface area (Å²) < 4.78 is 0. The van der Waals surface area contributed by atoms with Gasteiger partial charge in [0.1, 0.15) is 0 Å². The van der Waals surface area contributed by atoms with Crippen molar-refractivity contribution in [1.82, 2.24) is 10.9 Å². The van der Waals surface area contributed by atoms with Gasteiger partial charge in [0, 0.05) is 9.75 Å². The first-order valence-electron chi connectivity index (χ1n) is 7.25. The maximum atomic E-state index is 12.1. The number of aryl methyl sites for hydroxylation is 4. The Balaban J connectivity index is 1.99. The summed E-state index contributed by atoms with van der Waals surface area (Å²) in [5.74, 6) is -0.546. The van der Waals surface area contributed by atoms with Crippen LogP contribution in [-0.4, -0.2) is 11.8 Å². The molecule has 2 heterocycles. The Bertz CT molecular complexity index is 641. The van der Waals surface area contributed by atoms with E-state index in [-0.39, 0.29) is 11.8 Å². The van der Waals surface area contributed by atoms with Gasteiger partial charge in [-0.1, -0.05) is 13.8 Å². The van der Waals surface area contributed by atoms with E-state index in [1.807, 2.05) is 26.0 Å². The molecule has 0 saturated carbocycles. The van der Waals surface area contributed by atoms with Crippen molar-refractivity contribution in [3.63, 3.8) is 0 Å². The van der Waals surface area contributed by atoms with E-state index < -0.39 is 0 Å². The fourth-order valence-electron chi connectivity index (χ4n) is 2.20. The molecule has 0 unspecified atom stereocenters. The first kappa shape index (κ1) is 16.7. The second-order valence-electron chi connectivity index (χ2n) is 5.05. The SMILES string of the molecule is CCc1sc(C(=O)NNC(=O)c2cc(C)c(CC)s2)cc1C. The number of thiophene rings is 2. The number of carbonyl (C=O) groups excluding carboxylic acids is 2. The molecule has 2 rings (SSSR count). The summed E-state index contributed by atoms with van der Waals surface area (Å²) in [6.45, 7) is 8.11. The lowest BCUT2D eigenvalue weighted by Crippen LogP contribution is -2.41. The van der Waals surface area contributed by atoms with Crippen molar-refractivity contribution in [2.45, 2.75) is 40.5 Å². The van der Waals surface area contributed by atoms with E-state index in [1.165, 1.54) is 32.4 Å². The van der Waals surface area contributed by atoms with E-state index in [0.29, 0.717) is 9.75 Å². The highest BCUT2D eigenvalue weighted by atomic mass is 32.1. The molecular formula is C16H20N2O2S2. The maximum Gasteiger partial charge on any atom is 0.279 e. The molecule has 0 fully saturated rings. The smallest absolute Gasteiger partial charge is 0.266 e. The molecule has 2 N–H and O–H groups in total. The van der Waals surface area contributed by atoms with Gasteiger partial charge in [0.2, 0.25) is 0 Å². The van der Waals surface area contributed by atoms with E-state index in [1.54, 1.807) is 0 Å². The van der Waals surface area contributed by atoms with Gasteiger partial charge in [0.05, 0.1) is 9.75 Å². The fraction of sp³-hybridized carbons (Fsp3) is 0.375. The highest BCUT2D eigenvalue weighted by molar-refractivity contribution is 7.14. The van der Waals surface area contributed by atoms with Crippen LogP contribution in [0.15, 0.2) is 12.1 Å². The summed E-state index contributed by atoms with van der Waals surface area (Å²) in [4.78, 5) is 27.8. The van der Waals surface area contributed by atoms with Crippen LogP contribution in [0, 0.1) is 13.8 Å². The third-order valence-electron chi connectivity index (χ3n) is 3.42. The second-order valence-corrected chi connectivity index (χ2v) is 7.32. The van der Waals surface area contributed by atoms with Gasteiger partial charge in [-0.15, -0.1) is 22.7 Å². The third-order valence-corrected chi connectivity index (χ3v) is 6.18. The molecule has 0 aromatic carbocycles. The van der Waals surface area contributed by atoms with Crippen LogP contribution in [0.3, 0.4) is 0 Å². The maximum absolute atomic E-state index is 12.1. The molecule has 118 valence electrons. The van der Waals surface area contributed by atoms with Crippen molar-refractivity contribution in [2.24, 2.45) is 0 Å². The van der Waals surface area contributed by atoms with Gasteiger partial charge < -0.3 is 0 Å². The van der Waals surface area contributed by atoms with Crippen molar-refractivity contribution in [3.05, 3.63) is 42.8 Å². The van der Waals surface area contributed by atoms with Crippen molar-refractivity contribution >= 4 is 34.5 Å². The van der Waals surface area contributed by atoms with Crippen LogP contribution >= 0.6 is 22.7 Å². The van der Waals surface area contributed by atoms with E-state index in [2.05, 4.69) is 24.7 Å². The van der Waals surface area contributed by atoms with Crippen LogP contribution in [0.1, 0.15) is 54.1 Å². The van der Waals surface area contributed by atoms with E-state index in [4.69, 9.17) is 0 Å². The quantitative estimate of drug-likeness (QED) is 0.838. The lowest BCUT2D eigenvalue weighted by atomic mass is 10.2.